The second kappa shape index (κ2) is 7.38. The van der Waals surface area contributed by atoms with E-state index in [1.165, 1.54) is 10.6 Å². The Morgan fingerprint density at radius 3 is 3.08 bits per heavy atom. The Balaban J connectivity index is 1.24. The molecule has 1 spiro atoms. The number of hydrogen-bond acceptors (Lipinski definition) is 6. The van der Waals surface area contributed by atoms with Gasteiger partial charge in [0.05, 0.1) is 36.1 Å². The van der Waals surface area contributed by atoms with Crippen LogP contribution in [-0.4, -0.2) is 61.1 Å². The first kappa shape index (κ1) is 16.9. The summed E-state index contributed by atoms with van der Waals surface area (Å²) in [5, 5.41) is 0. The fourth-order valence-electron chi connectivity index (χ4n) is 4.12. The van der Waals surface area contributed by atoms with Crippen molar-refractivity contribution in [3.8, 4) is 0 Å². The molecule has 1 aromatic heterocycles. The highest BCUT2D eigenvalue weighted by Gasteiger charge is 2.46. The molecule has 134 valence electrons. The molecule has 6 heteroatoms. The van der Waals surface area contributed by atoms with E-state index < -0.39 is 0 Å². The molecular weight excluding hydrogens is 324 g/mol. The standard InChI is InChI=1S/C18H28N2O3S/c1-14-17(24-13-19-14)9-20-5-4-18(12-20)8-16(11-23-18)22-10-15-2-6-21-7-3-15/h13,15-16H,2-12H2,1H3/t16-,18+/m0/s1. The molecule has 0 aliphatic carbocycles. The number of hydrogen-bond donors (Lipinski definition) is 0. The SMILES string of the molecule is Cc1ncsc1CN1CC[C@@]2(C[C@H](OCC3CCOCC3)CO2)C1. The first-order valence-electron chi connectivity index (χ1n) is 9.17. The fourth-order valence-corrected chi connectivity index (χ4v) is 4.94. The molecule has 1 aromatic rings. The van der Waals surface area contributed by atoms with Crippen molar-refractivity contribution in [2.75, 3.05) is 39.5 Å². The van der Waals surface area contributed by atoms with Crippen LogP contribution in [0.4, 0.5) is 0 Å². The Kier molecular flexibility index (Phi) is 5.20. The van der Waals surface area contributed by atoms with Gasteiger partial charge in [-0.3, -0.25) is 4.90 Å². The van der Waals surface area contributed by atoms with Crippen molar-refractivity contribution in [1.29, 1.82) is 0 Å². The van der Waals surface area contributed by atoms with Crippen LogP contribution in [0, 0.1) is 12.8 Å². The summed E-state index contributed by atoms with van der Waals surface area (Å²) in [5.74, 6) is 0.671. The normalized spacial score (nSPS) is 32.1. The molecule has 0 saturated carbocycles. The van der Waals surface area contributed by atoms with Gasteiger partial charge in [-0.05, 0) is 32.1 Å². The van der Waals surface area contributed by atoms with E-state index in [0.29, 0.717) is 5.92 Å². The van der Waals surface area contributed by atoms with Crippen LogP contribution < -0.4 is 0 Å². The second-order valence-corrected chi connectivity index (χ2v) is 8.47. The second-order valence-electron chi connectivity index (χ2n) is 7.53. The Labute approximate surface area is 148 Å². The van der Waals surface area contributed by atoms with Crippen molar-refractivity contribution in [1.82, 2.24) is 9.88 Å². The minimum Gasteiger partial charge on any atom is -0.381 e. The summed E-state index contributed by atoms with van der Waals surface area (Å²) in [6.45, 7) is 8.68. The van der Waals surface area contributed by atoms with E-state index in [0.717, 1.165) is 71.7 Å². The lowest BCUT2D eigenvalue weighted by molar-refractivity contribution is -0.0188. The lowest BCUT2D eigenvalue weighted by atomic mass is 9.98. The molecule has 3 aliphatic rings. The van der Waals surface area contributed by atoms with Crippen molar-refractivity contribution < 1.29 is 14.2 Å². The summed E-state index contributed by atoms with van der Waals surface area (Å²) < 4.78 is 17.8. The summed E-state index contributed by atoms with van der Waals surface area (Å²) in [6, 6.07) is 0. The summed E-state index contributed by atoms with van der Waals surface area (Å²) in [4.78, 5) is 8.26. The number of ether oxygens (including phenoxy) is 3. The van der Waals surface area contributed by atoms with Crippen LogP contribution in [0.15, 0.2) is 5.51 Å². The van der Waals surface area contributed by atoms with E-state index in [4.69, 9.17) is 14.2 Å². The molecule has 0 unspecified atom stereocenters. The molecule has 4 heterocycles. The minimum atomic E-state index is 0.0267. The molecule has 2 atom stereocenters. The summed E-state index contributed by atoms with van der Waals surface area (Å²) in [6.07, 6.45) is 4.73. The van der Waals surface area contributed by atoms with Gasteiger partial charge in [0.25, 0.3) is 0 Å². The van der Waals surface area contributed by atoms with Gasteiger partial charge in [-0.15, -0.1) is 11.3 Å². The third-order valence-corrected chi connectivity index (χ3v) is 6.61. The Morgan fingerprint density at radius 1 is 1.42 bits per heavy atom. The molecule has 0 aromatic carbocycles. The van der Waals surface area contributed by atoms with Crippen molar-refractivity contribution in [3.05, 3.63) is 16.1 Å². The third kappa shape index (κ3) is 3.83. The minimum absolute atomic E-state index is 0.0267. The quantitative estimate of drug-likeness (QED) is 0.815. The molecular formula is C18H28N2O3S. The molecule has 0 bridgehead atoms. The summed E-state index contributed by atoms with van der Waals surface area (Å²) in [7, 11) is 0. The number of aromatic nitrogens is 1. The van der Waals surface area contributed by atoms with Crippen LogP contribution >= 0.6 is 11.3 Å². The van der Waals surface area contributed by atoms with Gasteiger partial charge in [0, 0.05) is 44.1 Å². The molecule has 0 amide bonds. The highest BCUT2D eigenvalue weighted by Crippen LogP contribution is 2.37. The first-order valence-corrected chi connectivity index (χ1v) is 10.0. The van der Waals surface area contributed by atoms with E-state index in [-0.39, 0.29) is 11.7 Å². The van der Waals surface area contributed by atoms with Crippen LogP contribution in [0.3, 0.4) is 0 Å². The molecule has 24 heavy (non-hydrogen) atoms. The van der Waals surface area contributed by atoms with Gasteiger partial charge in [-0.25, -0.2) is 4.98 Å². The Morgan fingerprint density at radius 2 is 2.29 bits per heavy atom. The molecule has 4 rings (SSSR count). The topological polar surface area (TPSA) is 43.8 Å². The lowest BCUT2D eigenvalue weighted by Crippen LogP contribution is -2.33. The van der Waals surface area contributed by atoms with Gasteiger partial charge >= 0.3 is 0 Å². The van der Waals surface area contributed by atoms with Gasteiger partial charge in [0.15, 0.2) is 0 Å². The van der Waals surface area contributed by atoms with Gasteiger partial charge in [0.1, 0.15) is 0 Å². The molecule has 0 radical (unpaired) electrons. The highest BCUT2D eigenvalue weighted by atomic mass is 32.1. The maximum absolute atomic E-state index is 6.23. The number of rotatable bonds is 5. The molecule has 3 aliphatic heterocycles. The van der Waals surface area contributed by atoms with E-state index >= 15 is 0 Å². The average Bonchev–Trinajstić information content (AvgIpc) is 3.30. The van der Waals surface area contributed by atoms with Gasteiger partial charge in [-0.1, -0.05) is 0 Å². The van der Waals surface area contributed by atoms with Crippen molar-refractivity contribution in [3.63, 3.8) is 0 Å². The molecule has 5 nitrogen and oxygen atoms in total. The van der Waals surface area contributed by atoms with Crippen LogP contribution in [0.2, 0.25) is 0 Å². The van der Waals surface area contributed by atoms with Crippen LogP contribution in [-0.2, 0) is 20.8 Å². The van der Waals surface area contributed by atoms with Crippen LogP contribution in [0.5, 0.6) is 0 Å². The van der Waals surface area contributed by atoms with E-state index in [1.54, 1.807) is 11.3 Å². The first-order chi connectivity index (χ1) is 11.7. The number of likely N-dealkylation sites (tertiary alicyclic amines) is 1. The van der Waals surface area contributed by atoms with Crippen LogP contribution in [0.1, 0.15) is 36.3 Å². The molecule has 0 N–H and O–H groups in total. The summed E-state index contributed by atoms with van der Waals surface area (Å²) in [5.41, 5.74) is 3.15. The maximum Gasteiger partial charge on any atom is 0.0847 e. The Bertz CT molecular complexity index is 546. The lowest BCUT2D eigenvalue weighted by Gasteiger charge is -2.24. The summed E-state index contributed by atoms with van der Waals surface area (Å²) >= 11 is 1.76. The van der Waals surface area contributed by atoms with E-state index in [1.807, 2.05) is 5.51 Å². The number of thiazole rings is 1. The van der Waals surface area contributed by atoms with Crippen molar-refractivity contribution in [2.45, 2.75) is 50.9 Å². The van der Waals surface area contributed by atoms with Crippen molar-refractivity contribution >= 4 is 11.3 Å². The maximum atomic E-state index is 6.23. The fraction of sp³-hybridized carbons (Fsp3) is 0.833. The van der Waals surface area contributed by atoms with E-state index in [9.17, 15) is 0 Å². The smallest absolute Gasteiger partial charge is 0.0847 e. The zero-order valence-corrected chi connectivity index (χ0v) is 15.4. The van der Waals surface area contributed by atoms with E-state index in [2.05, 4.69) is 16.8 Å². The van der Waals surface area contributed by atoms with Gasteiger partial charge in [0.2, 0.25) is 0 Å². The Hall–Kier alpha value is -0.530. The van der Waals surface area contributed by atoms with Gasteiger partial charge in [-0.2, -0.15) is 0 Å². The molecule has 3 saturated heterocycles. The zero-order valence-electron chi connectivity index (χ0n) is 14.5. The predicted molar refractivity (Wildman–Crippen MR) is 93.3 cm³/mol. The highest BCUT2D eigenvalue weighted by molar-refractivity contribution is 7.09. The molecule has 3 fully saturated rings. The monoisotopic (exact) mass is 352 g/mol. The zero-order chi connectivity index (χ0) is 16.4. The average molecular weight is 353 g/mol. The van der Waals surface area contributed by atoms with Crippen molar-refractivity contribution in [2.24, 2.45) is 5.92 Å². The third-order valence-electron chi connectivity index (χ3n) is 5.69. The van der Waals surface area contributed by atoms with Crippen LogP contribution in [0.25, 0.3) is 0 Å². The predicted octanol–water partition coefficient (Wildman–Crippen LogP) is 2.63. The van der Waals surface area contributed by atoms with Gasteiger partial charge < -0.3 is 14.2 Å². The number of nitrogens with zero attached hydrogens (tertiary/aromatic N) is 2. The largest absolute Gasteiger partial charge is 0.381 e. The number of aryl methyl sites for hydroxylation is 1.